The number of para-hydroxylation sites is 1. The Hall–Kier alpha value is -2.41. The molecular weight excluding hydrogens is 345 g/mol. The summed E-state index contributed by atoms with van der Waals surface area (Å²) in [6, 6.07) is 8.91. The molecule has 4 rings (SSSR count). The number of benzene rings is 1. The number of halogens is 1. The largest absolute Gasteiger partial charge is 0.376 e. The Morgan fingerprint density at radius 2 is 1.93 bits per heavy atom. The zero-order valence-corrected chi connectivity index (χ0v) is 15.7. The van der Waals surface area contributed by atoms with Gasteiger partial charge in [-0.05, 0) is 31.9 Å². The molecule has 2 aromatic rings. The summed E-state index contributed by atoms with van der Waals surface area (Å²) < 4.78 is 19.7. The molecule has 0 radical (unpaired) electrons. The van der Waals surface area contributed by atoms with Crippen molar-refractivity contribution in [2.45, 2.75) is 25.9 Å². The molecule has 2 saturated heterocycles. The summed E-state index contributed by atoms with van der Waals surface area (Å²) in [5.74, 6) is 1.40. The van der Waals surface area contributed by atoms with Crippen molar-refractivity contribution in [3.8, 4) is 0 Å². The lowest BCUT2D eigenvalue weighted by molar-refractivity contribution is 0.120. The molecule has 0 bridgehead atoms. The zero-order chi connectivity index (χ0) is 18.6. The number of nitrogens with zero attached hydrogens (tertiary/aromatic N) is 4. The summed E-state index contributed by atoms with van der Waals surface area (Å²) in [6.07, 6.45) is 2.50. The molecule has 1 N–H and O–H groups in total. The maximum absolute atomic E-state index is 14.0. The molecular formula is C20H26FN5O. The fourth-order valence-electron chi connectivity index (χ4n) is 3.66. The van der Waals surface area contributed by atoms with Crippen molar-refractivity contribution in [1.29, 1.82) is 0 Å². The number of hydrogen-bond donors (Lipinski definition) is 1. The van der Waals surface area contributed by atoms with Crippen LogP contribution in [0.3, 0.4) is 0 Å². The van der Waals surface area contributed by atoms with E-state index in [1.54, 1.807) is 6.07 Å². The second-order valence-corrected chi connectivity index (χ2v) is 7.14. The van der Waals surface area contributed by atoms with E-state index in [1.165, 1.54) is 6.07 Å². The molecule has 144 valence electrons. The van der Waals surface area contributed by atoms with Crippen molar-refractivity contribution >= 4 is 17.5 Å². The molecule has 0 saturated carbocycles. The highest BCUT2D eigenvalue weighted by molar-refractivity contribution is 5.50. The average molecular weight is 371 g/mol. The van der Waals surface area contributed by atoms with E-state index < -0.39 is 0 Å². The first-order valence-electron chi connectivity index (χ1n) is 9.64. The Bertz CT molecular complexity index is 773. The number of hydrogen-bond acceptors (Lipinski definition) is 6. The Balaban J connectivity index is 1.39. The van der Waals surface area contributed by atoms with Crippen molar-refractivity contribution in [3.63, 3.8) is 0 Å². The summed E-state index contributed by atoms with van der Waals surface area (Å²) in [5.41, 5.74) is 1.60. The summed E-state index contributed by atoms with van der Waals surface area (Å²) >= 11 is 0. The standard InChI is InChI=1S/C20H26FN5O/c1-15-13-19(22-14-16-5-4-12-27-16)24-20(23-15)26-10-8-25(9-11-26)18-7-3-2-6-17(18)21/h2-3,6-7,13,16H,4-5,8-12,14H2,1H3,(H,22,23,24). The van der Waals surface area contributed by atoms with Crippen molar-refractivity contribution in [2.24, 2.45) is 0 Å². The van der Waals surface area contributed by atoms with Crippen molar-refractivity contribution in [1.82, 2.24) is 9.97 Å². The molecule has 1 unspecified atom stereocenters. The van der Waals surface area contributed by atoms with Gasteiger partial charge in [-0.3, -0.25) is 0 Å². The topological polar surface area (TPSA) is 53.5 Å². The van der Waals surface area contributed by atoms with E-state index >= 15 is 0 Å². The van der Waals surface area contributed by atoms with E-state index in [9.17, 15) is 4.39 Å². The summed E-state index contributed by atoms with van der Waals surface area (Å²) in [6.45, 7) is 6.64. The van der Waals surface area contributed by atoms with Crippen LogP contribution in [0.25, 0.3) is 0 Å². The van der Waals surface area contributed by atoms with Crippen LogP contribution in [0.1, 0.15) is 18.5 Å². The van der Waals surface area contributed by atoms with Gasteiger partial charge < -0.3 is 19.9 Å². The predicted molar refractivity (Wildman–Crippen MR) is 105 cm³/mol. The molecule has 0 amide bonds. The molecule has 2 fully saturated rings. The van der Waals surface area contributed by atoms with Gasteiger partial charge >= 0.3 is 0 Å². The Morgan fingerprint density at radius 1 is 1.15 bits per heavy atom. The fourth-order valence-corrected chi connectivity index (χ4v) is 3.66. The average Bonchev–Trinajstić information content (AvgIpc) is 3.20. The minimum absolute atomic E-state index is 0.168. The van der Waals surface area contributed by atoms with Gasteiger partial charge in [-0.25, -0.2) is 9.37 Å². The second-order valence-electron chi connectivity index (χ2n) is 7.14. The summed E-state index contributed by atoms with van der Waals surface area (Å²) in [7, 11) is 0. The van der Waals surface area contributed by atoms with E-state index in [0.717, 1.165) is 69.6 Å². The maximum atomic E-state index is 14.0. The summed E-state index contributed by atoms with van der Waals surface area (Å²) in [5, 5.41) is 3.39. The number of rotatable bonds is 5. The van der Waals surface area contributed by atoms with E-state index in [1.807, 2.05) is 25.1 Å². The Kier molecular flexibility index (Phi) is 5.38. The number of anilines is 3. The van der Waals surface area contributed by atoms with Crippen LogP contribution in [-0.4, -0.2) is 55.4 Å². The molecule has 3 heterocycles. The van der Waals surface area contributed by atoms with Crippen molar-refractivity contribution < 1.29 is 9.13 Å². The van der Waals surface area contributed by atoms with Gasteiger partial charge in [0.2, 0.25) is 5.95 Å². The minimum atomic E-state index is -0.168. The summed E-state index contributed by atoms with van der Waals surface area (Å²) in [4.78, 5) is 13.5. The quantitative estimate of drug-likeness (QED) is 0.872. The predicted octanol–water partition coefficient (Wildman–Crippen LogP) is 2.84. The fraction of sp³-hybridized carbons (Fsp3) is 0.500. The van der Waals surface area contributed by atoms with Crippen LogP contribution in [-0.2, 0) is 4.74 Å². The lowest BCUT2D eigenvalue weighted by atomic mass is 10.2. The van der Waals surface area contributed by atoms with Gasteiger partial charge in [-0.1, -0.05) is 12.1 Å². The van der Waals surface area contributed by atoms with Gasteiger partial charge in [0, 0.05) is 51.1 Å². The van der Waals surface area contributed by atoms with E-state index in [2.05, 4.69) is 25.1 Å². The minimum Gasteiger partial charge on any atom is -0.376 e. The molecule has 1 atom stereocenters. The maximum Gasteiger partial charge on any atom is 0.227 e. The van der Waals surface area contributed by atoms with Crippen LogP contribution in [0.5, 0.6) is 0 Å². The Labute approximate surface area is 159 Å². The molecule has 1 aromatic heterocycles. The van der Waals surface area contributed by atoms with Crippen LogP contribution in [0.4, 0.5) is 21.8 Å². The molecule has 0 aliphatic carbocycles. The normalized spacial score (nSPS) is 20.1. The van der Waals surface area contributed by atoms with Gasteiger partial charge in [0.15, 0.2) is 0 Å². The number of aromatic nitrogens is 2. The third kappa shape index (κ3) is 4.30. The van der Waals surface area contributed by atoms with Gasteiger partial charge in [-0.2, -0.15) is 4.98 Å². The first-order chi connectivity index (χ1) is 13.2. The van der Waals surface area contributed by atoms with Gasteiger partial charge in [0.05, 0.1) is 11.8 Å². The number of aryl methyl sites for hydroxylation is 1. The van der Waals surface area contributed by atoms with Crippen LogP contribution >= 0.6 is 0 Å². The lowest BCUT2D eigenvalue weighted by Crippen LogP contribution is -2.47. The van der Waals surface area contributed by atoms with Crippen molar-refractivity contribution in [2.75, 3.05) is 54.4 Å². The second kappa shape index (κ2) is 8.08. The first kappa shape index (κ1) is 18.0. The Morgan fingerprint density at radius 3 is 2.67 bits per heavy atom. The number of ether oxygens (including phenoxy) is 1. The highest BCUT2D eigenvalue weighted by atomic mass is 19.1. The molecule has 27 heavy (non-hydrogen) atoms. The molecule has 2 aliphatic rings. The highest BCUT2D eigenvalue weighted by Crippen LogP contribution is 2.22. The van der Waals surface area contributed by atoms with Gasteiger partial charge in [0.25, 0.3) is 0 Å². The smallest absolute Gasteiger partial charge is 0.227 e. The van der Waals surface area contributed by atoms with Crippen LogP contribution in [0.15, 0.2) is 30.3 Å². The van der Waals surface area contributed by atoms with Crippen LogP contribution in [0, 0.1) is 12.7 Å². The van der Waals surface area contributed by atoms with Crippen molar-refractivity contribution in [3.05, 3.63) is 41.8 Å². The van der Waals surface area contributed by atoms with Crippen LogP contribution < -0.4 is 15.1 Å². The SMILES string of the molecule is Cc1cc(NCC2CCCO2)nc(N2CCN(c3ccccc3F)CC2)n1. The van der Waals surface area contributed by atoms with E-state index in [0.29, 0.717) is 5.69 Å². The molecule has 7 heteroatoms. The third-order valence-corrected chi connectivity index (χ3v) is 5.13. The number of piperazine rings is 1. The third-order valence-electron chi connectivity index (χ3n) is 5.13. The molecule has 0 spiro atoms. The zero-order valence-electron chi connectivity index (χ0n) is 15.7. The molecule has 6 nitrogen and oxygen atoms in total. The van der Waals surface area contributed by atoms with E-state index in [-0.39, 0.29) is 11.9 Å². The highest BCUT2D eigenvalue weighted by Gasteiger charge is 2.22. The monoisotopic (exact) mass is 371 g/mol. The molecule has 2 aliphatic heterocycles. The number of nitrogens with one attached hydrogen (secondary N) is 1. The van der Waals surface area contributed by atoms with E-state index in [4.69, 9.17) is 4.74 Å². The van der Waals surface area contributed by atoms with Gasteiger partial charge in [-0.15, -0.1) is 0 Å². The molecule has 1 aromatic carbocycles. The first-order valence-corrected chi connectivity index (χ1v) is 9.64. The van der Waals surface area contributed by atoms with Gasteiger partial charge in [0.1, 0.15) is 11.6 Å². The lowest BCUT2D eigenvalue weighted by Gasteiger charge is -2.36. The van der Waals surface area contributed by atoms with Crippen LogP contribution in [0.2, 0.25) is 0 Å².